The van der Waals surface area contributed by atoms with Gasteiger partial charge in [-0.2, -0.15) is 0 Å². The van der Waals surface area contributed by atoms with Gasteiger partial charge in [0.05, 0.1) is 5.69 Å². The van der Waals surface area contributed by atoms with E-state index in [1.165, 1.54) is 18.3 Å². The lowest BCUT2D eigenvalue weighted by Crippen LogP contribution is -2.26. The monoisotopic (exact) mass is 285 g/mol. The molecular formula is C11H15N3O2S2. The van der Waals surface area contributed by atoms with Gasteiger partial charge in [-0.15, -0.1) is 0 Å². The summed E-state index contributed by atoms with van der Waals surface area (Å²) in [6.45, 7) is 2.60. The molecular weight excluding hydrogens is 270 g/mol. The Morgan fingerprint density at radius 2 is 2.28 bits per heavy atom. The maximum absolute atomic E-state index is 11.9. The van der Waals surface area contributed by atoms with Crippen molar-refractivity contribution in [3.63, 3.8) is 0 Å². The summed E-state index contributed by atoms with van der Waals surface area (Å²) in [4.78, 5) is 4.20. The van der Waals surface area contributed by atoms with Crippen LogP contribution < -0.4 is 10.5 Å². The van der Waals surface area contributed by atoms with Crippen molar-refractivity contribution in [3.05, 3.63) is 24.0 Å². The van der Waals surface area contributed by atoms with Gasteiger partial charge in [-0.1, -0.05) is 19.1 Å². The Bertz CT molecular complexity index is 554. The number of rotatable bonds is 5. The second-order valence-electron chi connectivity index (χ2n) is 4.57. The van der Waals surface area contributed by atoms with Crippen LogP contribution in [0.1, 0.15) is 19.0 Å². The zero-order valence-electron chi connectivity index (χ0n) is 9.96. The van der Waals surface area contributed by atoms with Gasteiger partial charge in [-0.05, 0) is 30.4 Å². The summed E-state index contributed by atoms with van der Waals surface area (Å²) in [5, 5.41) is 0. The minimum absolute atomic E-state index is 0.135. The highest BCUT2D eigenvalue weighted by molar-refractivity contribution is 7.89. The Morgan fingerprint density at radius 3 is 2.72 bits per heavy atom. The summed E-state index contributed by atoms with van der Waals surface area (Å²) in [6.07, 6.45) is 2.36. The number of aromatic nitrogens is 1. The normalized spacial score (nSPS) is 22.7. The Hall–Kier alpha value is -1.05. The predicted octanol–water partition coefficient (Wildman–Crippen LogP) is 0.650. The Kier molecular flexibility index (Phi) is 3.65. The Balaban J connectivity index is 2.06. The molecule has 1 aliphatic rings. The largest absolute Gasteiger partial charge is 0.388 e. The van der Waals surface area contributed by atoms with Gasteiger partial charge in [0.1, 0.15) is 9.88 Å². The van der Waals surface area contributed by atoms with E-state index in [0.29, 0.717) is 24.1 Å². The summed E-state index contributed by atoms with van der Waals surface area (Å²) >= 11 is 4.76. The average Bonchev–Trinajstić information content (AvgIpc) is 3.03. The fourth-order valence-electron chi connectivity index (χ4n) is 1.67. The number of hydrogen-bond acceptors (Lipinski definition) is 4. The third-order valence-electron chi connectivity index (χ3n) is 3.11. The standard InChI is InChI=1S/C11H15N3O2S2/c1-7-4-8(7)5-14-18(15,16)9-2-3-10(11(12)17)13-6-9/h2-3,6-8,14H,4-5H2,1H3,(H2,12,17). The van der Waals surface area contributed by atoms with Crippen LogP contribution in [0.2, 0.25) is 0 Å². The van der Waals surface area contributed by atoms with E-state index >= 15 is 0 Å². The maximum Gasteiger partial charge on any atom is 0.242 e. The molecule has 2 unspecified atom stereocenters. The summed E-state index contributed by atoms with van der Waals surface area (Å²) in [5.41, 5.74) is 5.82. The molecule has 0 saturated heterocycles. The predicted molar refractivity (Wildman–Crippen MR) is 72.6 cm³/mol. The zero-order valence-corrected chi connectivity index (χ0v) is 11.6. The lowest BCUT2D eigenvalue weighted by atomic mass is 10.3. The average molecular weight is 285 g/mol. The molecule has 1 saturated carbocycles. The lowest BCUT2D eigenvalue weighted by molar-refractivity contribution is 0.574. The third kappa shape index (κ3) is 3.04. The minimum Gasteiger partial charge on any atom is -0.388 e. The van der Waals surface area contributed by atoms with Crippen LogP contribution in [0.3, 0.4) is 0 Å². The van der Waals surface area contributed by atoms with Gasteiger partial charge in [0.15, 0.2) is 0 Å². The van der Waals surface area contributed by atoms with E-state index in [0.717, 1.165) is 6.42 Å². The van der Waals surface area contributed by atoms with Gasteiger partial charge in [0, 0.05) is 12.7 Å². The smallest absolute Gasteiger partial charge is 0.242 e. The molecule has 5 nitrogen and oxygen atoms in total. The summed E-state index contributed by atoms with van der Waals surface area (Å²) in [7, 11) is -3.48. The van der Waals surface area contributed by atoms with Crippen molar-refractivity contribution in [2.24, 2.45) is 17.6 Å². The highest BCUT2D eigenvalue weighted by Crippen LogP contribution is 2.37. The Labute approximate surface area is 112 Å². The summed E-state index contributed by atoms with van der Waals surface area (Å²) in [5.74, 6) is 1.08. The highest BCUT2D eigenvalue weighted by atomic mass is 32.2. The van der Waals surface area contributed by atoms with Crippen molar-refractivity contribution in [3.8, 4) is 0 Å². The van der Waals surface area contributed by atoms with E-state index in [9.17, 15) is 8.42 Å². The molecule has 1 aliphatic carbocycles. The molecule has 98 valence electrons. The molecule has 0 bridgehead atoms. The highest BCUT2D eigenvalue weighted by Gasteiger charge is 2.33. The van der Waals surface area contributed by atoms with Crippen LogP contribution in [-0.4, -0.2) is 24.9 Å². The van der Waals surface area contributed by atoms with E-state index < -0.39 is 10.0 Å². The van der Waals surface area contributed by atoms with E-state index in [1.807, 2.05) is 0 Å². The molecule has 0 amide bonds. The van der Waals surface area contributed by atoms with Gasteiger partial charge in [0.25, 0.3) is 0 Å². The van der Waals surface area contributed by atoms with Crippen LogP contribution in [0.4, 0.5) is 0 Å². The molecule has 0 aliphatic heterocycles. The molecule has 0 radical (unpaired) electrons. The van der Waals surface area contributed by atoms with Crippen molar-refractivity contribution < 1.29 is 8.42 Å². The number of nitrogens with one attached hydrogen (secondary N) is 1. The van der Waals surface area contributed by atoms with Crippen LogP contribution in [0.5, 0.6) is 0 Å². The van der Waals surface area contributed by atoms with E-state index in [1.54, 1.807) is 0 Å². The van der Waals surface area contributed by atoms with Crippen LogP contribution in [0.25, 0.3) is 0 Å². The van der Waals surface area contributed by atoms with Gasteiger partial charge < -0.3 is 5.73 Å². The number of thiocarbonyl (C=S) groups is 1. The number of hydrogen-bond donors (Lipinski definition) is 2. The first-order valence-electron chi connectivity index (χ1n) is 5.65. The maximum atomic E-state index is 11.9. The molecule has 1 fully saturated rings. The molecule has 0 spiro atoms. The third-order valence-corrected chi connectivity index (χ3v) is 4.73. The fraction of sp³-hybridized carbons (Fsp3) is 0.455. The second-order valence-corrected chi connectivity index (χ2v) is 6.78. The van der Waals surface area contributed by atoms with Crippen LogP contribution in [0.15, 0.2) is 23.2 Å². The van der Waals surface area contributed by atoms with Gasteiger partial charge in [0.2, 0.25) is 10.0 Å². The first-order valence-corrected chi connectivity index (χ1v) is 7.55. The van der Waals surface area contributed by atoms with Crippen molar-refractivity contribution in [1.29, 1.82) is 0 Å². The zero-order chi connectivity index (χ0) is 13.3. The number of nitrogens with two attached hydrogens (primary N) is 1. The van der Waals surface area contributed by atoms with E-state index in [2.05, 4.69) is 16.6 Å². The molecule has 3 N–H and O–H groups in total. The molecule has 18 heavy (non-hydrogen) atoms. The first-order chi connectivity index (χ1) is 8.40. The minimum atomic E-state index is -3.48. The van der Waals surface area contributed by atoms with Crippen molar-refractivity contribution in [2.75, 3.05) is 6.54 Å². The van der Waals surface area contributed by atoms with Crippen molar-refractivity contribution >= 4 is 27.2 Å². The molecule has 1 aromatic heterocycles. The number of sulfonamides is 1. The van der Waals surface area contributed by atoms with Crippen LogP contribution in [-0.2, 0) is 10.0 Å². The Morgan fingerprint density at radius 1 is 1.61 bits per heavy atom. The second kappa shape index (κ2) is 4.91. The summed E-state index contributed by atoms with van der Waals surface area (Å²) in [6, 6.07) is 2.97. The summed E-state index contributed by atoms with van der Waals surface area (Å²) < 4.78 is 26.5. The topological polar surface area (TPSA) is 85.1 Å². The van der Waals surface area contributed by atoms with E-state index in [4.69, 9.17) is 18.0 Å². The van der Waals surface area contributed by atoms with Gasteiger partial charge in [-0.25, -0.2) is 13.1 Å². The number of nitrogens with zero attached hydrogens (tertiary/aromatic N) is 1. The molecule has 0 aromatic carbocycles. The van der Waals surface area contributed by atoms with E-state index in [-0.39, 0.29) is 9.88 Å². The lowest BCUT2D eigenvalue weighted by Gasteiger charge is -2.06. The first kappa shape index (κ1) is 13.4. The van der Waals surface area contributed by atoms with Gasteiger partial charge >= 0.3 is 0 Å². The molecule has 2 rings (SSSR count). The SMILES string of the molecule is CC1CC1CNS(=O)(=O)c1ccc(C(N)=S)nc1. The molecule has 7 heteroatoms. The van der Waals surface area contributed by atoms with Crippen LogP contribution >= 0.6 is 12.2 Å². The number of pyridine rings is 1. The van der Waals surface area contributed by atoms with Crippen molar-refractivity contribution in [2.45, 2.75) is 18.2 Å². The molecule has 2 atom stereocenters. The fourth-order valence-corrected chi connectivity index (χ4v) is 2.83. The quantitative estimate of drug-likeness (QED) is 0.776. The molecule has 1 heterocycles. The van der Waals surface area contributed by atoms with Crippen molar-refractivity contribution in [1.82, 2.24) is 9.71 Å². The molecule has 1 aromatic rings. The van der Waals surface area contributed by atoms with Crippen LogP contribution in [0, 0.1) is 11.8 Å². The van der Waals surface area contributed by atoms with Gasteiger partial charge in [-0.3, -0.25) is 4.98 Å².